The van der Waals surface area contributed by atoms with Crippen molar-refractivity contribution in [1.29, 1.82) is 0 Å². The van der Waals surface area contributed by atoms with Gasteiger partial charge >= 0.3 is 11.6 Å². The Morgan fingerprint density at radius 2 is 1.86 bits per heavy atom. The zero-order valence-electron chi connectivity index (χ0n) is 6.77. The second kappa shape index (κ2) is 3.29. The van der Waals surface area contributed by atoms with Crippen LogP contribution in [0, 0.1) is 9.81 Å². The minimum Gasteiger partial charge on any atom is -0.394 e. The summed E-state index contributed by atoms with van der Waals surface area (Å²) in [6.45, 7) is -0.823. The number of hydrogen-bond donors (Lipinski definition) is 4. The summed E-state index contributed by atoms with van der Waals surface area (Å²) in [5, 5.41) is 40.2. The molecule has 0 aromatic heterocycles. The van der Waals surface area contributed by atoms with Crippen LogP contribution in [-0.2, 0) is 4.74 Å². The number of nitrogens with zero attached hydrogens (tertiary/aromatic N) is 2. The first-order valence-electron chi connectivity index (χ1n) is 3.55. The van der Waals surface area contributed by atoms with Crippen LogP contribution in [0.15, 0.2) is 10.4 Å². The van der Waals surface area contributed by atoms with Crippen molar-refractivity contribution < 1.29 is 25.2 Å². The van der Waals surface area contributed by atoms with E-state index in [2.05, 4.69) is 4.74 Å². The SMILES string of the molecule is O=NC1(O)O[C@H](CO)[C@@H](O)[C@]1(O)N=O. The summed E-state index contributed by atoms with van der Waals surface area (Å²) in [5.41, 5.74) is -3.11. The molecule has 0 aliphatic carbocycles. The van der Waals surface area contributed by atoms with Crippen LogP contribution < -0.4 is 0 Å². The molecular formula is C5H8N2O7. The van der Waals surface area contributed by atoms with Gasteiger partial charge in [-0.3, -0.25) is 0 Å². The van der Waals surface area contributed by atoms with Crippen LogP contribution in [0.5, 0.6) is 0 Å². The zero-order chi connectivity index (χ0) is 11.0. The van der Waals surface area contributed by atoms with Crippen LogP contribution in [0.4, 0.5) is 0 Å². The van der Waals surface area contributed by atoms with Crippen LogP contribution >= 0.6 is 0 Å². The van der Waals surface area contributed by atoms with Crippen molar-refractivity contribution in [1.82, 2.24) is 0 Å². The van der Waals surface area contributed by atoms with Gasteiger partial charge in [0.15, 0.2) is 0 Å². The van der Waals surface area contributed by atoms with Crippen LogP contribution in [0.1, 0.15) is 0 Å². The van der Waals surface area contributed by atoms with Crippen LogP contribution in [0.3, 0.4) is 0 Å². The summed E-state index contributed by atoms with van der Waals surface area (Å²) in [6.07, 6.45) is -3.55. The molecule has 0 amide bonds. The van der Waals surface area contributed by atoms with Gasteiger partial charge in [-0.1, -0.05) is 0 Å². The summed E-state index contributed by atoms with van der Waals surface area (Å²) in [7, 11) is 0. The Labute approximate surface area is 76.9 Å². The van der Waals surface area contributed by atoms with Crippen molar-refractivity contribution in [3.8, 4) is 0 Å². The van der Waals surface area contributed by atoms with Gasteiger partial charge in [0.05, 0.1) is 6.61 Å². The first-order valence-corrected chi connectivity index (χ1v) is 3.55. The predicted molar refractivity (Wildman–Crippen MR) is 39.5 cm³/mol. The lowest BCUT2D eigenvalue weighted by atomic mass is 10.0. The Morgan fingerprint density at radius 3 is 2.14 bits per heavy atom. The highest BCUT2D eigenvalue weighted by atomic mass is 16.7. The molecule has 1 rings (SSSR count). The normalized spacial score (nSPS) is 47.7. The van der Waals surface area contributed by atoms with E-state index in [1.54, 1.807) is 0 Å². The van der Waals surface area contributed by atoms with Crippen molar-refractivity contribution in [2.45, 2.75) is 23.8 Å². The Balaban J connectivity index is 3.11. The number of ether oxygens (including phenoxy) is 1. The van der Waals surface area contributed by atoms with E-state index in [0.717, 1.165) is 0 Å². The molecule has 0 aromatic rings. The lowest BCUT2D eigenvalue weighted by Gasteiger charge is -2.23. The minimum atomic E-state index is -3.18. The molecule has 1 fully saturated rings. The highest BCUT2D eigenvalue weighted by molar-refractivity contribution is 5.04. The fourth-order valence-electron chi connectivity index (χ4n) is 1.15. The molecule has 1 aliphatic rings. The maximum absolute atomic E-state index is 10.2. The van der Waals surface area contributed by atoms with Gasteiger partial charge in [-0.25, -0.2) is 0 Å². The van der Waals surface area contributed by atoms with Crippen molar-refractivity contribution in [3.05, 3.63) is 9.81 Å². The monoisotopic (exact) mass is 208 g/mol. The van der Waals surface area contributed by atoms with Gasteiger partial charge in [0.1, 0.15) is 12.2 Å². The van der Waals surface area contributed by atoms with Gasteiger partial charge in [-0.05, 0) is 5.18 Å². The highest BCUT2D eigenvalue weighted by Gasteiger charge is 2.69. The molecule has 0 aromatic carbocycles. The number of hydrogen-bond acceptors (Lipinski definition) is 9. The summed E-state index contributed by atoms with van der Waals surface area (Å²) in [6, 6.07) is 0. The van der Waals surface area contributed by atoms with Gasteiger partial charge < -0.3 is 25.2 Å². The molecule has 1 aliphatic heterocycles. The lowest BCUT2D eigenvalue weighted by Crippen LogP contribution is -2.53. The molecular weight excluding hydrogens is 200 g/mol. The molecule has 0 bridgehead atoms. The van der Waals surface area contributed by atoms with Crippen LogP contribution in [-0.4, -0.2) is 50.9 Å². The highest BCUT2D eigenvalue weighted by Crippen LogP contribution is 2.39. The Bertz CT molecular complexity index is 260. The van der Waals surface area contributed by atoms with E-state index in [1.165, 1.54) is 0 Å². The van der Waals surface area contributed by atoms with Crippen molar-refractivity contribution in [2.75, 3.05) is 6.61 Å². The maximum atomic E-state index is 10.2. The number of rotatable bonds is 3. The van der Waals surface area contributed by atoms with E-state index < -0.39 is 30.5 Å². The third-order valence-electron chi connectivity index (χ3n) is 2.00. The zero-order valence-corrected chi connectivity index (χ0v) is 6.77. The molecule has 1 saturated heterocycles. The fourth-order valence-corrected chi connectivity index (χ4v) is 1.15. The van der Waals surface area contributed by atoms with E-state index in [-0.39, 0.29) is 0 Å². The molecule has 1 unspecified atom stereocenters. The van der Waals surface area contributed by atoms with Crippen LogP contribution in [0.2, 0.25) is 0 Å². The van der Waals surface area contributed by atoms with E-state index >= 15 is 0 Å². The van der Waals surface area contributed by atoms with Gasteiger partial charge in [0, 0.05) is 5.18 Å². The van der Waals surface area contributed by atoms with Crippen molar-refractivity contribution in [3.63, 3.8) is 0 Å². The summed E-state index contributed by atoms with van der Waals surface area (Å²) in [5.74, 6) is -3.18. The average molecular weight is 208 g/mol. The second-order valence-corrected chi connectivity index (χ2v) is 2.80. The van der Waals surface area contributed by atoms with E-state index in [1.807, 2.05) is 10.4 Å². The molecule has 9 nitrogen and oxygen atoms in total. The molecule has 4 atom stereocenters. The largest absolute Gasteiger partial charge is 0.394 e. The third kappa shape index (κ3) is 1.14. The molecule has 0 radical (unpaired) electrons. The molecule has 0 spiro atoms. The Hall–Kier alpha value is -1.00. The van der Waals surface area contributed by atoms with E-state index in [0.29, 0.717) is 0 Å². The molecule has 1 heterocycles. The quantitative estimate of drug-likeness (QED) is 0.378. The van der Waals surface area contributed by atoms with Gasteiger partial charge in [-0.2, -0.15) is 0 Å². The minimum absolute atomic E-state index is 0.823. The average Bonchev–Trinajstić information content (AvgIpc) is 2.40. The standard InChI is InChI=1S/C5H8N2O7/c8-1-2-3(9)4(10,6-12)5(11,7-13)14-2/h2-3,8-11H,1H2/t2-,3-,4-,5?/m1/s1. The number of aliphatic hydroxyl groups excluding tert-OH is 2. The lowest BCUT2D eigenvalue weighted by molar-refractivity contribution is -0.261. The van der Waals surface area contributed by atoms with Gasteiger partial charge in [0.2, 0.25) is 0 Å². The summed E-state index contributed by atoms with van der Waals surface area (Å²) in [4.78, 5) is 20.3. The first kappa shape index (κ1) is 11.1. The second-order valence-electron chi connectivity index (χ2n) is 2.80. The molecule has 4 N–H and O–H groups in total. The van der Waals surface area contributed by atoms with E-state index in [9.17, 15) is 25.1 Å². The molecule has 0 saturated carbocycles. The predicted octanol–water partition coefficient (Wildman–Crippen LogP) is -2.39. The molecule has 14 heavy (non-hydrogen) atoms. The fraction of sp³-hybridized carbons (Fsp3) is 1.00. The van der Waals surface area contributed by atoms with Gasteiger partial charge in [-0.15, -0.1) is 9.81 Å². The van der Waals surface area contributed by atoms with Crippen molar-refractivity contribution >= 4 is 0 Å². The summed E-state index contributed by atoms with van der Waals surface area (Å²) >= 11 is 0. The topological polar surface area (TPSA) is 149 Å². The smallest absolute Gasteiger partial charge is 0.363 e. The Morgan fingerprint density at radius 1 is 1.29 bits per heavy atom. The number of aliphatic hydroxyl groups is 4. The van der Waals surface area contributed by atoms with Crippen LogP contribution in [0.25, 0.3) is 0 Å². The van der Waals surface area contributed by atoms with Crippen molar-refractivity contribution in [2.24, 2.45) is 10.4 Å². The van der Waals surface area contributed by atoms with E-state index in [4.69, 9.17) is 5.11 Å². The Kier molecular flexibility index (Phi) is 2.61. The third-order valence-corrected chi connectivity index (χ3v) is 2.00. The first-order chi connectivity index (χ1) is 6.45. The molecule has 9 heteroatoms. The maximum Gasteiger partial charge on any atom is 0.363 e. The van der Waals surface area contributed by atoms with Gasteiger partial charge in [0.25, 0.3) is 0 Å². The molecule has 80 valence electrons. The summed E-state index contributed by atoms with van der Waals surface area (Å²) < 4.78 is 4.30. The number of nitroso groups, excluding NO2 is 2.